The average molecular weight is 353 g/mol. The standard InChI is InChI=1S/C16H21BrN2O2/c17-13-3-1-2-12(10-13)16(5-8-21-9-6-16)15(20)19-7-4-14(18)11-19/h1-3,10,14H,4-9,11,18H2/t14-/m1/s1. The molecule has 3 rings (SSSR count). The fourth-order valence-corrected chi connectivity index (χ4v) is 3.81. The Morgan fingerprint density at radius 2 is 2.14 bits per heavy atom. The smallest absolute Gasteiger partial charge is 0.233 e. The summed E-state index contributed by atoms with van der Waals surface area (Å²) in [6, 6.07) is 8.24. The molecule has 21 heavy (non-hydrogen) atoms. The van der Waals surface area contributed by atoms with E-state index in [1.165, 1.54) is 0 Å². The quantitative estimate of drug-likeness (QED) is 0.886. The van der Waals surface area contributed by atoms with Gasteiger partial charge in [-0.05, 0) is 37.0 Å². The second-order valence-electron chi connectivity index (χ2n) is 6.00. The number of nitrogens with two attached hydrogens (primary N) is 1. The van der Waals surface area contributed by atoms with E-state index in [4.69, 9.17) is 10.5 Å². The van der Waals surface area contributed by atoms with Crippen LogP contribution in [0.3, 0.4) is 0 Å². The zero-order valence-electron chi connectivity index (χ0n) is 12.1. The predicted octanol–water partition coefficient (Wildman–Crippen LogP) is 2.06. The van der Waals surface area contributed by atoms with Crippen molar-refractivity contribution in [1.29, 1.82) is 0 Å². The molecular formula is C16H21BrN2O2. The summed E-state index contributed by atoms with van der Waals surface area (Å²) in [4.78, 5) is 15.1. The van der Waals surface area contributed by atoms with Crippen LogP contribution in [0.15, 0.2) is 28.7 Å². The number of hydrogen-bond acceptors (Lipinski definition) is 3. The highest BCUT2D eigenvalue weighted by atomic mass is 79.9. The molecule has 1 aromatic rings. The van der Waals surface area contributed by atoms with Crippen LogP contribution in [0.2, 0.25) is 0 Å². The molecule has 0 saturated carbocycles. The maximum Gasteiger partial charge on any atom is 0.233 e. The summed E-state index contributed by atoms with van der Waals surface area (Å²) >= 11 is 3.52. The van der Waals surface area contributed by atoms with E-state index in [0.29, 0.717) is 19.8 Å². The summed E-state index contributed by atoms with van der Waals surface area (Å²) in [5.74, 6) is 0.219. The fourth-order valence-electron chi connectivity index (χ4n) is 3.41. The van der Waals surface area contributed by atoms with Crippen molar-refractivity contribution < 1.29 is 9.53 Å². The number of carbonyl (C=O) groups excluding carboxylic acids is 1. The Hall–Kier alpha value is -0.910. The maximum absolute atomic E-state index is 13.2. The van der Waals surface area contributed by atoms with E-state index >= 15 is 0 Å². The van der Waals surface area contributed by atoms with E-state index in [1.807, 2.05) is 17.0 Å². The summed E-state index contributed by atoms with van der Waals surface area (Å²) < 4.78 is 6.51. The van der Waals surface area contributed by atoms with Crippen molar-refractivity contribution in [2.75, 3.05) is 26.3 Å². The molecule has 0 radical (unpaired) electrons. The first kappa shape index (κ1) is 15.0. The Morgan fingerprint density at radius 3 is 2.76 bits per heavy atom. The summed E-state index contributed by atoms with van der Waals surface area (Å²) in [5.41, 5.74) is 6.61. The van der Waals surface area contributed by atoms with Gasteiger partial charge in [0.25, 0.3) is 0 Å². The molecule has 1 atom stereocenters. The molecule has 2 aliphatic rings. The van der Waals surface area contributed by atoms with Crippen molar-refractivity contribution >= 4 is 21.8 Å². The van der Waals surface area contributed by atoms with Crippen LogP contribution in [0.1, 0.15) is 24.8 Å². The van der Waals surface area contributed by atoms with Crippen LogP contribution in [0.5, 0.6) is 0 Å². The van der Waals surface area contributed by atoms with Crippen molar-refractivity contribution in [2.24, 2.45) is 5.73 Å². The number of likely N-dealkylation sites (tertiary alicyclic amines) is 1. The SMILES string of the molecule is N[C@@H]1CCN(C(=O)C2(c3cccc(Br)c3)CCOCC2)C1. The lowest BCUT2D eigenvalue weighted by atomic mass is 9.73. The van der Waals surface area contributed by atoms with Crippen LogP contribution in [-0.2, 0) is 14.9 Å². The third-order valence-corrected chi connectivity index (χ3v) is 5.14. The molecule has 1 aromatic carbocycles. The zero-order valence-corrected chi connectivity index (χ0v) is 13.6. The molecule has 4 nitrogen and oxygen atoms in total. The summed E-state index contributed by atoms with van der Waals surface area (Å²) in [6.07, 6.45) is 2.39. The predicted molar refractivity (Wildman–Crippen MR) is 85.0 cm³/mol. The molecule has 0 spiro atoms. The molecular weight excluding hydrogens is 332 g/mol. The Morgan fingerprint density at radius 1 is 1.38 bits per heavy atom. The highest BCUT2D eigenvalue weighted by Crippen LogP contribution is 2.38. The molecule has 5 heteroatoms. The van der Waals surface area contributed by atoms with Crippen LogP contribution in [0.4, 0.5) is 0 Å². The van der Waals surface area contributed by atoms with Crippen molar-refractivity contribution in [3.63, 3.8) is 0 Å². The first-order valence-corrected chi connectivity index (χ1v) is 8.30. The number of hydrogen-bond donors (Lipinski definition) is 1. The number of rotatable bonds is 2. The van der Waals surface area contributed by atoms with E-state index in [9.17, 15) is 4.79 Å². The molecule has 2 heterocycles. The molecule has 0 aliphatic carbocycles. The van der Waals surface area contributed by atoms with Crippen molar-refractivity contribution in [3.8, 4) is 0 Å². The number of carbonyl (C=O) groups is 1. The van der Waals surface area contributed by atoms with Gasteiger partial charge in [-0.2, -0.15) is 0 Å². The summed E-state index contributed by atoms with van der Waals surface area (Å²) in [6.45, 7) is 2.72. The first-order valence-electron chi connectivity index (χ1n) is 7.50. The van der Waals surface area contributed by atoms with Gasteiger partial charge in [-0.15, -0.1) is 0 Å². The van der Waals surface area contributed by atoms with Gasteiger partial charge in [0.1, 0.15) is 0 Å². The third-order valence-electron chi connectivity index (χ3n) is 4.64. The summed E-state index contributed by atoms with van der Waals surface area (Å²) in [5, 5.41) is 0. The molecule has 2 saturated heterocycles. The molecule has 114 valence electrons. The van der Waals surface area contributed by atoms with Gasteiger partial charge >= 0.3 is 0 Å². The van der Waals surface area contributed by atoms with Crippen molar-refractivity contribution in [1.82, 2.24) is 4.90 Å². The molecule has 0 bridgehead atoms. The Bertz CT molecular complexity index is 529. The van der Waals surface area contributed by atoms with Gasteiger partial charge in [0.2, 0.25) is 5.91 Å². The van der Waals surface area contributed by atoms with Crippen molar-refractivity contribution in [3.05, 3.63) is 34.3 Å². The van der Waals surface area contributed by atoms with Gasteiger partial charge in [0.05, 0.1) is 5.41 Å². The average Bonchev–Trinajstić information content (AvgIpc) is 2.94. The topological polar surface area (TPSA) is 55.6 Å². The van der Waals surface area contributed by atoms with Gasteiger partial charge in [-0.1, -0.05) is 28.1 Å². The second kappa shape index (κ2) is 6.07. The largest absolute Gasteiger partial charge is 0.381 e. The van der Waals surface area contributed by atoms with Crippen LogP contribution < -0.4 is 5.73 Å². The number of benzene rings is 1. The molecule has 2 aliphatic heterocycles. The van der Waals surface area contributed by atoms with Gasteiger partial charge in [0, 0.05) is 36.8 Å². The van der Waals surface area contributed by atoms with Crippen LogP contribution in [0.25, 0.3) is 0 Å². The Balaban J connectivity index is 1.95. The zero-order chi connectivity index (χ0) is 14.9. The van der Waals surface area contributed by atoms with E-state index < -0.39 is 5.41 Å². The van der Waals surface area contributed by atoms with E-state index in [-0.39, 0.29) is 11.9 Å². The van der Waals surface area contributed by atoms with E-state index in [2.05, 4.69) is 28.1 Å². The number of amides is 1. The van der Waals surface area contributed by atoms with Crippen molar-refractivity contribution in [2.45, 2.75) is 30.7 Å². The van der Waals surface area contributed by atoms with E-state index in [0.717, 1.165) is 35.8 Å². The summed E-state index contributed by atoms with van der Waals surface area (Å²) in [7, 11) is 0. The van der Waals surface area contributed by atoms with Crippen LogP contribution in [-0.4, -0.2) is 43.2 Å². The van der Waals surface area contributed by atoms with Crippen LogP contribution in [0, 0.1) is 0 Å². The van der Waals surface area contributed by atoms with Gasteiger partial charge < -0.3 is 15.4 Å². The third kappa shape index (κ3) is 2.87. The Labute approximate surface area is 133 Å². The number of ether oxygens (including phenoxy) is 1. The first-order chi connectivity index (χ1) is 10.1. The van der Waals surface area contributed by atoms with Gasteiger partial charge in [0.15, 0.2) is 0 Å². The lowest BCUT2D eigenvalue weighted by Gasteiger charge is -2.39. The number of nitrogens with zero attached hydrogens (tertiary/aromatic N) is 1. The van der Waals surface area contributed by atoms with Gasteiger partial charge in [-0.3, -0.25) is 4.79 Å². The monoisotopic (exact) mass is 352 g/mol. The number of halogens is 1. The normalized spacial score (nSPS) is 25.0. The van der Waals surface area contributed by atoms with Gasteiger partial charge in [-0.25, -0.2) is 0 Å². The second-order valence-corrected chi connectivity index (χ2v) is 6.92. The lowest BCUT2D eigenvalue weighted by molar-refractivity contribution is -0.140. The lowest BCUT2D eigenvalue weighted by Crippen LogP contribution is -2.49. The Kier molecular flexibility index (Phi) is 4.33. The molecule has 1 amide bonds. The minimum Gasteiger partial charge on any atom is -0.381 e. The molecule has 0 aromatic heterocycles. The molecule has 0 unspecified atom stereocenters. The minimum absolute atomic E-state index is 0.119. The highest BCUT2D eigenvalue weighted by Gasteiger charge is 2.45. The van der Waals surface area contributed by atoms with Crippen LogP contribution >= 0.6 is 15.9 Å². The highest BCUT2D eigenvalue weighted by molar-refractivity contribution is 9.10. The maximum atomic E-state index is 13.2. The fraction of sp³-hybridized carbons (Fsp3) is 0.562. The minimum atomic E-state index is -0.452. The van der Waals surface area contributed by atoms with E-state index in [1.54, 1.807) is 0 Å². The molecule has 2 fully saturated rings. The molecule has 2 N–H and O–H groups in total.